The maximum atomic E-state index is 12.8. The van der Waals surface area contributed by atoms with E-state index in [-0.39, 0.29) is 22.6 Å². The standard InChI is InChI=1S/C16H19ClN4O2S/c1-3-11(8-14(22)24)16(23)20(4-2)13-10-21(19-15(13)17)12-6-5-7-18-9-12/h5-7,9-11H,3-4,8H2,1-2H3,(H,22,24)/t11-/m0/s1. The van der Waals surface area contributed by atoms with Crippen molar-refractivity contribution < 1.29 is 9.59 Å². The van der Waals surface area contributed by atoms with Gasteiger partial charge in [-0.05, 0) is 25.5 Å². The van der Waals surface area contributed by atoms with Gasteiger partial charge in [-0.25, -0.2) is 4.68 Å². The minimum atomic E-state index is -0.423. The molecule has 8 heteroatoms. The Morgan fingerprint density at radius 1 is 1.42 bits per heavy atom. The third kappa shape index (κ3) is 4.15. The zero-order valence-electron chi connectivity index (χ0n) is 13.5. The summed E-state index contributed by atoms with van der Waals surface area (Å²) in [5.74, 6) is -0.581. The Bertz CT molecular complexity index is 720. The number of anilines is 1. The monoisotopic (exact) mass is 366 g/mol. The van der Waals surface area contributed by atoms with Crippen molar-refractivity contribution >= 4 is 40.9 Å². The summed E-state index contributed by atoms with van der Waals surface area (Å²) in [6, 6.07) is 3.63. The van der Waals surface area contributed by atoms with Crippen molar-refractivity contribution in [2.75, 3.05) is 11.4 Å². The summed E-state index contributed by atoms with van der Waals surface area (Å²) in [6.07, 6.45) is 5.66. The molecular weight excluding hydrogens is 348 g/mol. The molecule has 0 radical (unpaired) electrons. The van der Waals surface area contributed by atoms with Crippen LogP contribution in [0.15, 0.2) is 30.7 Å². The molecule has 0 bridgehead atoms. The van der Waals surface area contributed by atoms with Gasteiger partial charge in [-0.1, -0.05) is 18.5 Å². The summed E-state index contributed by atoms with van der Waals surface area (Å²) < 4.78 is 1.57. The maximum Gasteiger partial charge on any atom is 0.230 e. The van der Waals surface area contributed by atoms with Gasteiger partial charge in [0.1, 0.15) is 5.69 Å². The first-order chi connectivity index (χ1) is 11.5. The number of rotatable bonds is 7. The third-order valence-corrected chi connectivity index (χ3v) is 4.15. The molecule has 0 spiro atoms. The fraction of sp³-hybridized carbons (Fsp3) is 0.375. The summed E-state index contributed by atoms with van der Waals surface area (Å²) >= 11 is 10.0. The van der Waals surface area contributed by atoms with Gasteiger partial charge in [0.15, 0.2) is 10.3 Å². The molecule has 1 amide bonds. The number of amides is 1. The van der Waals surface area contributed by atoms with E-state index in [0.29, 0.717) is 18.7 Å². The topological polar surface area (TPSA) is 68.1 Å². The van der Waals surface area contributed by atoms with Crippen LogP contribution in [0, 0.1) is 5.92 Å². The van der Waals surface area contributed by atoms with Crippen molar-refractivity contribution in [3.8, 4) is 5.69 Å². The lowest BCUT2D eigenvalue weighted by molar-refractivity contribution is -0.125. The van der Waals surface area contributed by atoms with Crippen LogP contribution in [-0.4, -0.2) is 32.3 Å². The van der Waals surface area contributed by atoms with Gasteiger partial charge >= 0.3 is 0 Å². The number of hydrogen-bond acceptors (Lipinski definition) is 4. The average Bonchev–Trinajstić information content (AvgIpc) is 2.95. The van der Waals surface area contributed by atoms with E-state index in [0.717, 1.165) is 5.69 Å². The number of carbonyl (C=O) groups is 2. The van der Waals surface area contributed by atoms with E-state index in [1.54, 1.807) is 34.2 Å². The second kappa shape index (κ2) is 8.30. The van der Waals surface area contributed by atoms with Crippen molar-refractivity contribution in [2.24, 2.45) is 5.92 Å². The molecular formula is C16H19ClN4O2S. The molecule has 0 saturated heterocycles. The number of carbonyl (C=O) groups excluding carboxylic acids is 2. The molecule has 0 aromatic carbocycles. The predicted octanol–water partition coefficient (Wildman–Crippen LogP) is 3.15. The Balaban J connectivity index is 2.32. The Labute approximate surface area is 151 Å². The van der Waals surface area contributed by atoms with Crippen LogP contribution in [-0.2, 0) is 9.59 Å². The summed E-state index contributed by atoms with van der Waals surface area (Å²) in [5, 5.41) is 4.17. The zero-order valence-corrected chi connectivity index (χ0v) is 15.2. The lowest BCUT2D eigenvalue weighted by Crippen LogP contribution is -2.36. The first kappa shape index (κ1) is 18.5. The number of halogens is 1. The lowest BCUT2D eigenvalue weighted by atomic mass is 10.0. The second-order valence-corrected chi connectivity index (χ2v) is 6.10. The van der Waals surface area contributed by atoms with Gasteiger partial charge < -0.3 is 4.90 Å². The van der Waals surface area contributed by atoms with Gasteiger partial charge in [-0.2, -0.15) is 5.10 Å². The third-order valence-electron chi connectivity index (χ3n) is 3.70. The van der Waals surface area contributed by atoms with E-state index in [1.165, 1.54) is 0 Å². The van der Waals surface area contributed by atoms with Crippen molar-refractivity contribution in [3.05, 3.63) is 35.9 Å². The summed E-state index contributed by atoms with van der Waals surface area (Å²) in [5.41, 5.74) is 1.25. The molecule has 0 aliphatic carbocycles. The van der Waals surface area contributed by atoms with E-state index >= 15 is 0 Å². The summed E-state index contributed by atoms with van der Waals surface area (Å²) in [7, 11) is 0. The van der Waals surface area contributed by atoms with Crippen LogP contribution in [0.3, 0.4) is 0 Å². The zero-order chi connectivity index (χ0) is 17.7. The van der Waals surface area contributed by atoms with E-state index < -0.39 is 5.92 Å². The maximum absolute atomic E-state index is 12.8. The average molecular weight is 367 g/mol. The molecule has 0 N–H and O–H groups in total. The summed E-state index contributed by atoms with van der Waals surface area (Å²) in [6.45, 7) is 4.15. The molecule has 0 aliphatic rings. The number of hydrogen-bond donors (Lipinski definition) is 1. The molecule has 0 aliphatic heterocycles. The van der Waals surface area contributed by atoms with Crippen LogP contribution in [0.5, 0.6) is 0 Å². The highest BCUT2D eigenvalue weighted by molar-refractivity contribution is 7.96. The highest BCUT2D eigenvalue weighted by atomic mass is 35.5. The minimum absolute atomic E-state index is 0.101. The van der Waals surface area contributed by atoms with Crippen molar-refractivity contribution in [1.29, 1.82) is 0 Å². The molecule has 0 fully saturated rings. The number of thiol groups is 1. The van der Waals surface area contributed by atoms with Crippen LogP contribution in [0.1, 0.15) is 26.7 Å². The fourth-order valence-corrected chi connectivity index (χ4v) is 2.88. The molecule has 2 aromatic rings. The molecule has 0 saturated carbocycles. The lowest BCUT2D eigenvalue weighted by Gasteiger charge is -2.24. The molecule has 2 rings (SSSR count). The molecule has 24 heavy (non-hydrogen) atoms. The van der Waals surface area contributed by atoms with Gasteiger partial charge in [0.05, 0.1) is 18.1 Å². The van der Waals surface area contributed by atoms with Crippen LogP contribution in [0.25, 0.3) is 5.69 Å². The summed E-state index contributed by atoms with van der Waals surface area (Å²) in [4.78, 5) is 29.6. The van der Waals surface area contributed by atoms with Gasteiger partial charge in [0.25, 0.3) is 0 Å². The number of nitrogens with zero attached hydrogens (tertiary/aromatic N) is 4. The minimum Gasteiger partial charge on any atom is -0.308 e. The molecule has 6 nitrogen and oxygen atoms in total. The van der Waals surface area contributed by atoms with Gasteiger partial charge in [0.2, 0.25) is 5.91 Å². The molecule has 128 valence electrons. The first-order valence-electron chi connectivity index (χ1n) is 7.66. The molecule has 2 heterocycles. The van der Waals surface area contributed by atoms with E-state index in [1.807, 2.05) is 19.9 Å². The van der Waals surface area contributed by atoms with Crippen LogP contribution in [0.4, 0.5) is 5.69 Å². The molecule has 0 unspecified atom stereocenters. The SMILES string of the molecule is CC[C@@H](CC(=O)S)C(=O)N(CC)c1cn(-c2cccnc2)nc1Cl. The van der Waals surface area contributed by atoms with Crippen LogP contribution < -0.4 is 4.90 Å². The predicted molar refractivity (Wildman–Crippen MR) is 96.8 cm³/mol. The number of pyridine rings is 1. The van der Waals surface area contributed by atoms with Gasteiger partial charge in [0, 0.05) is 25.1 Å². The van der Waals surface area contributed by atoms with Crippen LogP contribution >= 0.6 is 24.2 Å². The fourth-order valence-electron chi connectivity index (χ4n) is 2.43. The Hall–Kier alpha value is -1.86. The van der Waals surface area contributed by atoms with E-state index in [9.17, 15) is 9.59 Å². The Kier molecular flexibility index (Phi) is 6.39. The number of aromatic nitrogens is 3. The van der Waals surface area contributed by atoms with Gasteiger partial charge in [-0.3, -0.25) is 14.6 Å². The van der Waals surface area contributed by atoms with E-state index in [2.05, 4.69) is 22.7 Å². The Morgan fingerprint density at radius 3 is 2.71 bits per heavy atom. The second-order valence-electron chi connectivity index (χ2n) is 5.25. The van der Waals surface area contributed by atoms with Crippen molar-refractivity contribution in [1.82, 2.24) is 14.8 Å². The smallest absolute Gasteiger partial charge is 0.230 e. The molecule has 2 aromatic heterocycles. The largest absolute Gasteiger partial charge is 0.308 e. The van der Waals surface area contributed by atoms with Crippen molar-refractivity contribution in [3.63, 3.8) is 0 Å². The highest BCUT2D eigenvalue weighted by Crippen LogP contribution is 2.28. The molecule has 1 atom stereocenters. The normalized spacial score (nSPS) is 12.0. The quantitative estimate of drug-likeness (QED) is 0.764. The van der Waals surface area contributed by atoms with Crippen molar-refractivity contribution in [2.45, 2.75) is 26.7 Å². The van der Waals surface area contributed by atoms with E-state index in [4.69, 9.17) is 11.6 Å². The van der Waals surface area contributed by atoms with Crippen LogP contribution in [0.2, 0.25) is 5.15 Å². The Morgan fingerprint density at radius 2 is 2.17 bits per heavy atom. The highest BCUT2D eigenvalue weighted by Gasteiger charge is 2.27. The van der Waals surface area contributed by atoms with Gasteiger partial charge in [-0.15, -0.1) is 12.6 Å². The first-order valence-corrected chi connectivity index (χ1v) is 8.49.